The Morgan fingerprint density at radius 1 is 1.03 bits per heavy atom. The molecule has 1 N–H and O–H groups in total. The van der Waals surface area contributed by atoms with E-state index in [0.717, 1.165) is 11.8 Å². The predicted molar refractivity (Wildman–Crippen MR) is 129 cm³/mol. The third kappa shape index (κ3) is 5.06. The Morgan fingerprint density at radius 2 is 1.70 bits per heavy atom. The number of nitro groups is 1. The molecule has 4 rings (SSSR count). The molecule has 168 valence electrons. The topological polar surface area (TPSA) is 106 Å². The summed E-state index contributed by atoms with van der Waals surface area (Å²) in [5.41, 5.74) is 1.34. The van der Waals surface area contributed by atoms with Gasteiger partial charge in [0.2, 0.25) is 0 Å². The van der Waals surface area contributed by atoms with Crippen molar-refractivity contribution < 1.29 is 18.1 Å². The number of hydrogen-bond donors (Lipinski definition) is 1. The van der Waals surface area contributed by atoms with E-state index in [1.54, 1.807) is 24.3 Å². The zero-order chi connectivity index (χ0) is 23.8. The van der Waals surface area contributed by atoms with Gasteiger partial charge in [0.1, 0.15) is 0 Å². The molecule has 0 bridgehead atoms. The molecule has 1 heterocycles. The van der Waals surface area contributed by atoms with Gasteiger partial charge in [-0.15, -0.1) is 0 Å². The fourth-order valence-corrected chi connectivity index (χ4v) is 6.30. The summed E-state index contributed by atoms with van der Waals surface area (Å²) in [7, 11) is -3.77. The maximum absolute atomic E-state index is 13.0. The smallest absolute Gasteiger partial charge is 0.269 e. The van der Waals surface area contributed by atoms with E-state index in [9.17, 15) is 23.3 Å². The van der Waals surface area contributed by atoms with Crippen LogP contribution in [-0.2, 0) is 20.4 Å². The predicted octanol–water partition coefficient (Wildman–Crippen LogP) is 5.96. The van der Waals surface area contributed by atoms with Crippen molar-refractivity contribution in [2.24, 2.45) is 0 Å². The molecule has 0 spiro atoms. The summed E-state index contributed by atoms with van der Waals surface area (Å²) in [5, 5.41) is 14.1. The quantitative estimate of drug-likeness (QED) is 0.252. The molecule has 1 amide bonds. The number of fused-ring (bicyclic) bond motifs is 1. The second-order valence-corrected chi connectivity index (χ2v) is 10.9. The van der Waals surface area contributed by atoms with Gasteiger partial charge in [-0.25, -0.2) is 8.42 Å². The SMILES string of the molecule is O=C1Nc2ccc(S(=O)(=O)Cc3c(Cl)cccc3Cl)cc2S/C1=C\c1ccc([N+](=O)[O-])cc1. The Bertz CT molecular complexity index is 1400. The van der Waals surface area contributed by atoms with Crippen molar-refractivity contribution in [3.05, 3.63) is 96.9 Å². The molecule has 1 aliphatic heterocycles. The average molecular weight is 521 g/mol. The largest absolute Gasteiger partial charge is 0.320 e. The number of amides is 1. The van der Waals surface area contributed by atoms with Crippen LogP contribution in [0.15, 0.2) is 75.4 Å². The van der Waals surface area contributed by atoms with Crippen LogP contribution in [0, 0.1) is 10.1 Å². The number of halogens is 2. The monoisotopic (exact) mass is 520 g/mol. The van der Waals surface area contributed by atoms with Crippen molar-refractivity contribution in [2.75, 3.05) is 5.32 Å². The number of hydrogen-bond acceptors (Lipinski definition) is 6. The standard InChI is InChI=1S/C22H14Cl2N2O5S2/c23-17-2-1-3-18(24)16(17)12-33(30,31)15-8-9-19-20(11-15)32-21(22(27)25-19)10-13-4-6-14(7-5-13)26(28)29/h1-11H,12H2,(H,25,27)/b21-10-. The number of nitrogens with one attached hydrogen (secondary N) is 1. The van der Waals surface area contributed by atoms with Gasteiger partial charge < -0.3 is 5.32 Å². The first-order valence-corrected chi connectivity index (χ1v) is 12.6. The lowest BCUT2D eigenvalue weighted by Crippen LogP contribution is -2.17. The molecule has 1 aliphatic rings. The molecule has 3 aromatic rings. The fourth-order valence-electron chi connectivity index (χ4n) is 3.11. The summed E-state index contributed by atoms with van der Waals surface area (Å²) >= 11 is 13.4. The number of anilines is 1. The van der Waals surface area contributed by atoms with Gasteiger partial charge in [-0.2, -0.15) is 0 Å². The number of thioether (sulfide) groups is 1. The third-order valence-electron chi connectivity index (χ3n) is 4.80. The summed E-state index contributed by atoms with van der Waals surface area (Å²) in [4.78, 5) is 23.7. The van der Waals surface area contributed by atoms with Crippen molar-refractivity contribution in [3.8, 4) is 0 Å². The van der Waals surface area contributed by atoms with Crippen LogP contribution in [0.5, 0.6) is 0 Å². The highest BCUT2D eigenvalue weighted by molar-refractivity contribution is 8.04. The molecule has 0 atom stereocenters. The molecule has 7 nitrogen and oxygen atoms in total. The molecule has 0 unspecified atom stereocenters. The Labute approximate surface area is 203 Å². The van der Waals surface area contributed by atoms with Gasteiger partial charge in [0.15, 0.2) is 9.84 Å². The van der Waals surface area contributed by atoms with Gasteiger partial charge in [0.25, 0.3) is 11.6 Å². The lowest BCUT2D eigenvalue weighted by atomic mass is 10.2. The molecule has 0 fully saturated rings. The number of nitro benzene ring substituents is 1. The summed E-state index contributed by atoms with van der Waals surface area (Å²) < 4.78 is 26.1. The molecule has 0 saturated heterocycles. The number of benzene rings is 3. The van der Waals surface area contributed by atoms with Crippen LogP contribution in [-0.4, -0.2) is 19.2 Å². The van der Waals surface area contributed by atoms with Crippen LogP contribution in [0.4, 0.5) is 11.4 Å². The molecule has 3 aromatic carbocycles. The first kappa shape index (κ1) is 23.3. The van der Waals surface area contributed by atoms with Crippen LogP contribution in [0.25, 0.3) is 6.08 Å². The molecule has 11 heteroatoms. The first-order chi connectivity index (χ1) is 15.6. The molecule has 0 aromatic heterocycles. The minimum atomic E-state index is -3.77. The lowest BCUT2D eigenvalue weighted by molar-refractivity contribution is -0.384. The highest BCUT2D eigenvalue weighted by atomic mass is 35.5. The highest BCUT2D eigenvalue weighted by Gasteiger charge is 2.25. The van der Waals surface area contributed by atoms with Gasteiger partial charge in [-0.3, -0.25) is 14.9 Å². The highest BCUT2D eigenvalue weighted by Crippen LogP contribution is 2.40. The van der Waals surface area contributed by atoms with E-state index in [1.807, 2.05) is 0 Å². The number of nitrogens with zero attached hydrogens (tertiary/aromatic N) is 1. The zero-order valence-electron chi connectivity index (χ0n) is 16.6. The number of sulfone groups is 1. The number of carbonyl (C=O) groups excluding carboxylic acids is 1. The fraction of sp³-hybridized carbons (Fsp3) is 0.0455. The van der Waals surface area contributed by atoms with E-state index in [-0.39, 0.29) is 32.3 Å². The first-order valence-electron chi connectivity index (χ1n) is 9.39. The molecule has 0 saturated carbocycles. The van der Waals surface area contributed by atoms with E-state index in [1.165, 1.54) is 42.5 Å². The Balaban J connectivity index is 1.63. The third-order valence-corrected chi connectivity index (χ3v) is 8.23. The number of rotatable bonds is 5. The van der Waals surface area contributed by atoms with Crippen molar-refractivity contribution in [1.82, 2.24) is 0 Å². The Kier molecular flexibility index (Phi) is 6.49. The van der Waals surface area contributed by atoms with Crippen LogP contribution < -0.4 is 5.32 Å². The minimum absolute atomic E-state index is 0.0586. The van der Waals surface area contributed by atoms with Gasteiger partial charge in [-0.05, 0) is 54.1 Å². The summed E-state index contributed by atoms with van der Waals surface area (Å²) in [5.74, 6) is -0.725. The summed E-state index contributed by atoms with van der Waals surface area (Å²) in [6.45, 7) is 0. The van der Waals surface area contributed by atoms with Crippen LogP contribution in [0.1, 0.15) is 11.1 Å². The molecular formula is C22H14Cl2N2O5S2. The van der Waals surface area contributed by atoms with E-state index >= 15 is 0 Å². The molecule has 0 radical (unpaired) electrons. The molecular weight excluding hydrogens is 507 g/mol. The van der Waals surface area contributed by atoms with Gasteiger partial charge in [0.05, 0.1) is 26.2 Å². The van der Waals surface area contributed by atoms with E-state index in [4.69, 9.17) is 23.2 Å². The Hall–Kier alpha value is -2.85. The Morgan fingerprint density at radius 3 is 2.33 bits per heavy atom. The zero-order valence-corrected chi connectivity index (χ0v) is 19.8. The number of non-ortho nitro benzene ring substituents is 1. The molecule has 0 aliphatic carbocycles. The average Bonchev–Trinajstić information content (AvgIpc) is 2.77. The van der Waals surface area contributed by atoms with Gasteiger partial charge in [0, 0.05) is 32.6 Å². The van der Waals surface area contributed by atoms with E-state index < -0.39 is 14.8 Å². The van der Waals surface area contributed by atoms with Gasteiger partial charge >= 0.3 is 0 Å². The molecule has 33 heavy (non-hydrogen) atoms. The van der Waals surface area contributed by atoms with Crippen molar-refractivity contribution in [2.45, 2.75) is 15.5 Å². The van der Waals surface area contributed by atoms with E-state index in [2.05, 4.69) is 5.32 Å². The minimum Gasteiger partial charge on any atom is -0.320 e. The van der Waals surface area contributed by atoms with Crippen molar-refractivity contribution in [3.63, 3.8) is 0 Å². The van der Waals surface area contributed by atoms with Crippen molar-refractivity contribution in [1.29, 1.82) is 0 Å². The second kappa shape index (κ2) is 9.18. The maximum atomic E-state index is 13.0. The van der Waals surface area contributed by atoms with Crippen LogP contribution in [0.2, 0.25) is 10.0 Å². The maximum Gasteiger partial charge on any atom is 0.269 e. The van der Waals surface area contributed by atoms with E-state index in [0.29, 0.717) is 26.6 Å². The summed E-state index contributed by atoms with van der Waals surface area (Å²) in [6.07, 6.45) is 1.58. The van der Waals surface area contributed by atoms with Gasteiger partial charge in [-0.1, -0.05) is 41.0 Å². The second-order valence-electron chi connectivity index (χ2n) is 7.03. The van der Waals surface area contributed by atoms with Crippen LogP contribution in [0.3, 0.4) is 0 Å². The summed E-state index contributed by atoms with van der Waals surface area (Å²) in [6, 6.07) is 15.0. The van der Waals surface area contributed by atoms with Crippen molar-refractivity contribution >= 4 is 68.2 Å². The lowest BCUT2D eigenvalue weighted by Gasteiger charge is -2.19. The normalized spacial score (nSPS) is 14.6. The number of carbonyl (C=O) groups is 1. The van der Waals surface area contributed by atoms with Crippen LogP contribution >= 0.6 is 35.0 Å².